The van der Waals surface area contributed by atoms with Crippen molar-refractivity contribution in [2.45, 2.75) is 52.0 Å². The molecular formula is C21H28N4O2. The molecular weight excluding hydrogens is 340 g/mol. The Balaban J connectivity index is 1.62. The highest BCUT2D eigenvalue weighted by Crippen LogP contribution is 2.26. The van der Waals surface area contributed by atoms with Crippen molar-refractivity contribution in [3.63, 3.8) is 0 Å². The maximum absolute atomic E-state index is 12.7. The van der Waals surface area contributed by atoms with Crippen LogP contribution in [0.3, 0.4) is 0 Å². The molecule has 1 fully saturated rings. The third-order valence-corrected chi connectivity index (χ3v) is 5.12. The molecule has 2 aromatic rings. The minimum absolute atomic E-state index is 0.0188. The van der Waals surface area contributed by atoms with Gasteiger partial charge in [0.15, 0.2) is 5.78 Å². The molecule has 144 valence electrons. The van der Waals surface area contributed by atoms with E-state index < -0.39 is 0 Å². The zero-order valence-corrected chi connectivity index (χ0v) is 16.1. The number of rotatable bonds is 6. The van der Waals surface area contributed by atoms with Crippen LogP contribution >= 0.6 is 0 Å². The topological polar surface area (TPSA) is 67.2 Å². The van der Waals surface area contributed by atoms with Crippen LogP contribution in [-0.4, -0.2) is 39.4 Å². The lowest BCUT2D eigenvalue weighted by Crippen LogP contribution is -2.42. The first-order valence-electron chi connectivity index (χ1n) is 9.76. The highest BCUT2D eigenvalue weighted by molar-refractivity contribution is 5.95. The van der Waals surface area contributed by atoms with Crippen LogP contribution in [0.1, 0.15) is 61.6 Å². The molecule has 1 saturated heterocycles. The van der Waals surface area contributed by atoms with E-state index >= 15 is 0 Å². The van der Waals surface area contributed by atoms with Gasteiger partial charge in [0, 0.05) is 49.2 Å². The predicted molar refractivity (Wildman–Crippen MR) is 106 cm³/mol. The number of nitrogens with zero attached hydrogens (tertiary/aromatic N) is 3. The number of anilines is 1. The van der Waals surface area contributed by atoms with E-state index in [0.29, 0.717) is 17.8 Å². The number of unbranched alkanes of at least 4 members (excludes halogenated alkanes) is 1. The zero-order valence-electron chi connectivity index (χ0n) is 16.1. The van der Waals surface area contributed by atoms with Crippen LogP contribution in [0.25, 0.3) is 0 Å². The Morgan fingerprint density at radius 1 is 1.26 bits per heavy atom. The van der Waals surface area contributed by atoms with Gasteiger partial charge in [-0.3, -0.25) is 4.79 Å². The molecule has 3 rings (SSSR count). The van der Waals surface area contributed by atoms with Gasteiger partial charge in [0.2, 0.25) is 0 Å². The van der Waals surface area contributed by atoms with Gasteiger partial charge in [0.1, 0.15) is 5.82 Å². The zero-order chi connectivity index (χ0) is 19.2. The number of amides is 2. The Kier molecular flexibility index (Phi) is 6.27. The molecule has 0 saturated carbocycles. The second kappa shape index (κ2) is 8.84. The van der Waals surface area contributed by atoms with Crippen molar-refractivity contribution in [1.82, 2.24) is 14.5 Å². The van der Waals surface area contributed by atoms with Crippen molar-refractivity contribution >= 4 is 17.5 Å². The Morgan fingerprint density at radius 2 is 2.04 bits per heavy atom. The molecule has 0 spiro atoms. The van der Waals surface area contributed by atoms with E-state index in [4.69, 9.17) is 0 Å². The standard InChI is InChI=1S/C21H28N4O2/c1-3-4-12-24-14-11-22-20(24)18-6-5-13-25(15-18)21(27)23-19-9-7-17(8-10-19)16(2)26/h7-11,14,18H,3-6,12-13,15H2,1-2H3,(H,23,27). The van der Waals surface area contributed by atoms with Gasteiger partial charge >= 0.3 is 6.03 Å². The van der Waals surface area contributed by atoms with E-state index in [9.17, 15) is 9.59 Å². The average molecular weight is 368 g/mol. The van der Waals surface area contributed by atoms with Crippen LogP contribution < -0.4 is 5.32 Å². The number of ketones is 1. The number of imidazole rings is 1. The smallest absolute Gasteiger partial charge is 0.321 e. The number of aromatic nitrogens is 2. The summed E-state index contributed by atoms with van der Waals surface area (Å²) in [5.74, 6) is 1.38. The molecule has 1 aliphatic rings. The molecule has 27 heavy (non-hydrogen) atoms. The summed E-state index contributed by atoms with van der Waals surface area (Å²) >= 11 is 0. The molecule has 0 radical (unpaired) electrons. The Labute approximate surface area is 160 Å². The van der Waals surface area contributed by atoms with Gasteiger partial charge < -0.3 is 14.8 Å². The molecule has 2 heterocycles. The summed E-state index contributed by atoms with van der Waals surface area (Å²) in [6.07, 6.45) is 8.22. The number of Topliss-reactive ketones (excluding diaryl/α,β-unsaturated/α-hetero) is 1. The van der Waals surface area contributed by atoms with E-state index in [1.807, 2.05) is 17.3 Å². The summed E-state index contributed by atoms with van der Waals surface area (Å²) in [7, 11) is 0. The summed E-state index contributed by atoms with van der Waals surface area (Å²) in [6, 6.07) is 6.92. The lowest BCUT2D eigenvalue weighted by Gasteiger charge is -2.32. The summed E-state index contributed by atoms with van der Waals surface area (Å²) in [4.78, 5) is 30.5. The minimum Gasteiger partial charge on any atom is -0.335 e. The molecule has 2 amide bonds. The lowest BCUT2D eigenvalue weighted by atomic mass is 9.97. The molecule has 1 aliphatic heterocycles. The molecule has 1 unspecified atom stereocenters. The monoisotopic (exact) mass is 368 g/mol. The first kappa shape index (κ1) is 19.1. The van der Waals surface area contributed by atoms with E-state index in [0.717, 1.165) is 44.6 Å². The summed E-state index contributed by atoms with van der Waals surface area (Å²) in [5, 5.41) is 2.94. The van der Waals surface area contributed by atoms with E-state index in [-0.39, 0.29) is 17.7 Å². The quantitative estimate of drug-likeness (QED) is 0.773. The van der Waals surface area contributed by atoms with E-state index in [1.165, 1.54) is 6.92 Å². The third kappa shape index (κ3) is 4.76. The number of hydrogen-bond donors (Lipinski definition) is 1. The summed E-state index contributed by atoms with van der Waals surface area (Å²) < 4.78 is 2.23. The molecule has 6 heteroatoms. The Bertz CT molecular complexity index is 782. The van der Waals surface area contributed by atoms with Crippen LogP contribution in [0.15, 0.2) is 36.7 Å². The molecule has 0 aliphatic carbocycles. The number of urea groups is 1. The van der Waals surface area contributed by atoms with Crippen LogP contribution in [0, 0.1) is 0 Å². The lowest BCUT2D eigenvalue weighted by molar-refractivity contribution is 0.101. The number of piperidine rings is 1. The number of nitrogens with one attached hydrogen (secondary N) is 1. The highest BCUT2D eigenvalue weighted by atomic mass is 16.2. The number of carbonyl (C=O) groups is 2. The first-order valence-corrected chi connectivity index (χ1v) is 9.76. The van der Waals surface area contributed by atoms with Gasteiger partial charge in [-0.25, -0.2) is 9.78 Å². The average Bonchev–Trinajstić information content (AvgIpc) is 3.15. The molecule has 1 aromatic heterocycles. The van der Waals surface area contributed by atoms with Crippen molar-refractivity contribution < 1.29 is 9.59 Å². The first-order chi connectivity index (χ1) is 13.1. The van der Waals surface area contributed by atoms with Gasteiger partial charge in [-0.2, -0.15) is 0 Å². The van der Waals surface area contributed by atoms with Crippen molar-refractivity contribution in [2.24, 2.45) is 0 Å². The fourth-order valence-electron chi connectivity index (χ4n) is 3.56. The van der Waals surface area contributed by atoms with Gasteiger partial charge in [-0.05, 0) is 50.5 Å². The molecule has 6 nitrogen and oxygen atoms in total. The number of hydrogen-bond acceptors (Lipinski definition) is 3. The van der Waals surface area contributed by atoms with Gasteiger partial charge in [0.25, 0.3) is 0 Å². The van der Waals surface area contributed by atoms with Crippen molar-refractivity contribution in [3.8, 4) is 0 Å². The van der Waals surface area contributed by atoms with E-state index in [1.54, 1.807) is 24.3 Å². The van der Waals surface area contributed by atoms with Gasteiger partial charge in [-0.15, -0.1) is 0 Å². The van der Waals surface area contributed by atoms with Gasteiger partial charge in [-0.1, -0.05) is 13.3 Å². The number of likely N-dealkylation sites (tertiary alicyclic amines) is 1. The molecule has 0 bridgehead atoms. The SMILES string of the molecule is CCCCn1ccnc1C1CCCN(C(=O)Nc2ccc(C(C)=O)cc2)C1. The highest BCUT2D eigenvalue weighted by Gasteiger charge is 2.27. The molecule has 1 aromatic carbocycles. The van der Waals surface area contributed by atoms with Crippen molar-refractivity contribution in [1.29, 1.82) is 0 Å². The van der Waals surface area contributed by atoms with Crippen molar-refractivity contribution in [2.75, 3.05) is 18.4 Å². The Hall–Kier alpha value is -2.63. The maximum atomic E-state index is 12.7. The van der Waals surface area contributed by atoms with Gasteiger partial charge in [0.05, 0.1) is 0 Å². The minimum atomic E-state index is -0.0954. The van der Waals surface area contributed by atoms with Crippen molar-refractivity contribution in [3.05, 3.63) is 48.0 Å². The second-order valence-electron chi connectivity index (χ2n) is 7.18. The second-order valence-corrected chi connectivity index (χ2v) is 7.18. The maximum Gasteiger partial charge on any atom is 0.321 e. The van der Waals surface area contributed by atoms with Crippen LogP contribution in [0.2, 0.25) is 0 Å². The summed E-state index contributed by atoms with van der Waals surface area (Å²) in [5.41, 5.74) is 1.35. The predicted octanol–water partition coefficient (Wildman–Crippen LogP) is 4.30. The summed E-state index contributed by atoms with van der Waals surface area (Å²) in [6.45, 7) is 6.14. The fourth-order valence-corrected chi connectivity index (χ4v) is 3.56. The van der Waals surface area contributed by atoms with E-state index in [2.05, 4.69) is 21.8 Å². The fraction of sp³-hybridized carbons (Fsp3) is 0.476. The Morgan fingerprint density at radius 3 is 2.74 bits per heavy atom. The molecule has 1 N–H and O–H groups in total. The third-order valence-electron chi connectivity index (χ3n) is 5.12. The number of carbonyl (C=O) groups excluding carboxylic acids is 2. The largest absolute Gasteiger partial charge is 0.335 e. The molecule has 1 atom stereocenters. The number of benzene rings is 1. The number of aryl methyl sites for hydroxylation is 1. The normalized spacial score (nSPS) is 17.0. The van der Waals surface area contributed by atoms with Crippen LogP contribution in [-0.2, 0) is 6.54 Å². The van der Waals surface area contributed by atoms with Crippen LogP contribution in [0.5, 0.6) is 0 Å². The van der Waals surface area contributed by atoms with Crippen LogP contribution in [0.4, 0.5) is 10.5 Å².